The van der Waals surface area contributed by atoms with Gasteiger partial charge in [0.05, 0.1) is 12.0 Å². The van der Waals surface area contributed by atoms with Crippen molar-refractivity contribution in [3.8, 4) is 0 Å². The van der Waals surface area contributed by atoms with Gasteiger partial charge in [0.1, 0.15) is 6.54 Å². The van der Waals surface area contributed by atoms with E-state index in [0.29, 0.717) is 18.4 Å². The molecule has 2 saturated heterocycles. The summed E-state index contributed by atoms with van der Waals surface area (Å²) in [5.74, 6) is 1.30. The number of likely N-dealkylation sites (tertiary alicyclic amines) is 1. The second-order valence-electron chi connectivity index (χ2n) is 7.57. The van der Waals surface area contributed by atoms with E-state index in [1.807, 2.05) is 34.5 Å². The second kappa shape index (κ2) is 8.03. The third-order valence-corrected chi connectivity index (χ3v) is 5.67. The predicted molar refractivity (Wildman–Crippen MR) is 98.6 cm³/mol. The Kier molecular flexibility index (Phi) is 5.34. The van der Waals surface area contributed by atoms with Gasteiger partial charge >= 0.3 is 0 Å². The maximum absolute atomic E-state index is 12.6. The van der Waals surface area contributed by atoms with Gasteiger partial charge in [-0.1, -0.05) is 0 Å². The summed E-state index contributed by atoms with van der Waals surface area (Å²) in [5, 5.41) is 8.08. The summed E-state index contributed by atoms with van der Waals surface area (Å²) >= 11 is 0. The van der Waals surface area contributed by atoms with Crippen molar-refractivity contribution < 1.29 is 4.79 Å². The SMILES string of the molecule is O=C(Cn1ccc([C@@H]2CCCNC2)n1)N1CCC(Cn2ccnc2)CC1. The molecule has 140 valence electrons. The van der Waals surface area contributed by atoms with Gasteiger partial charge in [0, 0.05) is 50.7 Å². The third kappa shape index (κ3) is 4.15. The van der Waals surface area contributed by atoms with Crippen LogP contribution in [0.15, 0.2) is 31.0 Å². The number of carbonyl (C=O) groups excluding carboxylic acids is 1. The maximum atomic E-state index is 12.6. The monoisotopic (exact) mass is 356 g/mol. The minimum Gasteiger partial charge on any atom is -0.341 e. The molecule has 0 bridgehead atoms. The van der Waals surface area contributed by atoms with Crippen LogP contribution in [0.4, 0.5) is 0 Å². The molecule has 0 unspecified atom stereocenters. The Morgan fingerprint density at radius 1 is 1.23 bits per heavy atom. The molecular formula is C19H28N6O. The van der Waals surface area contributed by atoms with E-state index in [4.69, 9.17) is 0 Å². The molecule has 4 heterocycles. The summed E-state index contributed by atoms with van der Waals surface area (Å²) in [4.78, 5) is 18.7. The average molecular weight is 356 g/mol. The van der Waals surface area contributed by atoms with Crippen LogP contribution in [0.1, 0.15) is 37.3 Å². The molecule has 0 saturated carbocycles. The van der Waals surface area contributed by atoms with E-state index in [-0.39, 0.29) is 5.91 Å². The lowest BCUT2D eigenvalue weighted by atomic mass is 9.96. The molecule has 26 heavy (non-hydrogen) atoms. The predicted octanol–water partition coefficient (Wildman–Crippen LogP) is 1.49. The van der Waals surface area contributed by atoms with E-state index in [2.05, 4.69) is 26.0 Å². The van der Waals surface area contributed by atoms with Crippen LogP contribution in [0, 0.1) is 5.92 Å². The van der Waals surface area contributed by atoms with Crippen LogP contribution < -0.4 is 5.32 Å². The number of hydrogen-bond donors (Lipinski definition) is 1. The Morgan fingerprint density at radius 2 is 2.12 bits per heavy atom. The zero-order chi connectivity index (χ0) is 17.8. The molecule has 0 aliphatic carbocycles. The number of imidazole rings is 1. The first kappa shape index (κ1) is 17.3. The van der Waals surface area contributed by atoms with Gasteiger partial charge in [-0.15, -0.1) is 0 Å². The highest BCUT2D eigenvalue weighted by molar-refractivity contribution is 5.76. The van der Waals surface area contributed by atoms with Gasteiger partial charge in [-0.2, -0.15) is 5.10 Å². The Labute approximate surface area is 154 Å². The molecule has 4 rings (SSSR count). The summed E-state index contributed by atoms with van der Waals surface area (Å²) in [5.41, 5.74) is 1.11. The van der Waals surface area contributed by atoms with Crippen LogP contribution in [0.5, 0.6) is 0 Å². The molecule has 2 aromatic rings. The molecule has 1 amide bonds. The number of nitrogens with one attached hydrogen (secondary N) is 1. The van der Waals surface area contributed by atoms with E-state index >= 15 is 0 Å². The second-order valence-corrected chi connectivity index (χ2v) is 7.57. The highest BCUT2D eigenvalue weighted by atomic mass is 16.2. The van der Waals surface area contributed by atoms with Crippen LogP contribution in [0.25, 0.3) is 0 Å². The molecule has 7 heteroatoms. The van der Waals surface area contributed by atoms with Gasteiger partial charge in [-0.25, -0.2) is 4.98 Å². The lowest BCUT2D eigenvalue weighted by Crippen LogP contribution is -2.41. The molecule has 0 spiro atoms. The van der Waals surface area contributed by atoms with Crippen molar-refractivity contribution in [2.75, 3.05) is 26.2 Å². The number of piperidine rings is 2. The lowest BCUT2D eigenvalue weighted by molar-refractivity contribution is -0.133. The third-order valence-electron chi connectivity index (χ3n) is 5.67. The van der Waals surface area contributed by atoms with Gasteiger partial charge < -0.3 is 14.8 Å². The van der Waals surface area contributed by atoms with Crippen molar-refractivity contribution in [2.45, 2.75) is 44.7 Å². The summed E-state index contributed by atoms with van der Waals surface area (Å²) < 4.78 is 3.94. The fourth-order valence-corrected chi connectivity index (χ4v) is 4.08. The zero-order valence-electron chi connectivity index (χ0n) is 15.3. The number of rotatable bonds is 5. The lowest BCUT2D eigenvalue weighted by Gasteiger charge is -2.32. The van der Waals surface area contributed by atoms with Gasteiger partial charge in [-0.05, 0) is 44.2 Å². The molecule has 0 aromatic carbocycles. The van der Waals surface area contributed by atoms with Crippen molar-refractivity contribution in [1.29, 1.82) is 0 Å². The summed E-state index contributed by atoms with van der Waals surface area (Å²) in [6, 6.07) is 2.07. The van der Waals surface area contributed by atoms with Crippen molar-refractivity contribution in [3.05, 3.63) is 36.7 Å². The van der Waals surface area contributed by atoms with Crippen LogP contribution >= 0.6 is 0 Å². The highest BCUT2D eigenvalue weighted by Crippen LogP contribution is 2.22. The van der Waals surface area contributed by atoms with Crippen molar-refractivity contribution >= 4 is 5.91 Å². The van der Waals surface area contributed by atoms with E-state index in [0.717, 1.165) is 51.3 Å². The van der Waals surface area contributed by atoms with Crippen molar-refractivity contribution in [3.63, 3.8) is 0 Å². The Morgan fingerprint density at radius 3 is 2.85 bits per heavy atom. The molecule has 7 nitrogen and oxygen atoms in total. The molecule has 1 atom stereocenters. The number of aromatic nitrogens is 4. The molecule has 0 radical (unpaired) electrons. The number of amides is 1. The normalized spacial score (nSPS) is 21.8. The minimum atomic E-state index is 0.183. The summed E-state index contributed by atoms with van der Waals surface area (Å²) in [6.07, 6.45) is 12.1. The Hall–Kier alpha value is -2.15. The smallest absolute Gasteiger partial charge is 0.244 e. The topological polar surface area (TPSA) is 68.0 Å². The van der Waals surface area contributed by atoms with Gasteiger partial charge in [-0.3, -0.25) is 9.48 Å². The number of carbonyl (C=O) groups is 1. The van der Waals surface area contributed by atoms with E-state index in [9.17, 15) is 4.79 Å². The number of hydrogen-bond acceptors (Lipinski definition) is 4. The Bertz CT molecular complexity index is 695. The zero-order valence-corrected chi connectivity index (χ0v) is 15.3. The molecule has 2 fully saturated rings. The first-order chi connectivity index (χ1) is 12.8. The first-order valence-electron chi connectivity index (χ1n) is 9.75. The van der Waals surface area contributed by atoms with Crippen LogP contribution in [-0.4, -0.2) is 56.3 Å². The highest BCUT2D eigenvalue weighted by Gasteiger charge is 2.24. The maximum Gasteiger partial charge on any atom is 0.244 e. The van der Waals surface area contributed by atoms with Gasteiger partial charge in [0.15, 0.2) is 0 Å². The molecule has 2 aliphatic rings. The first-order valence-corrected chi connectivity index (χ1v) is 9.75. The Balaban J connectivity index is 1.25. The fraction of sp³-hybridized carbons (Fsp3) is 0.632. The van der Waals surface area contributed by atoms with E-state index < -0.39 is 0 Å². The molecule has 2 aromatic heterocycles. The summed E-state index contributed by atoms with van der Waals surface area (Å²) in [7, 11) is 0. The van der Waals surface area contributed by atoms with Crippen molar-refractivity contribution in [2.24, 2.45) is 5.92 Å². The quantitative estimate of drug-likeness (QED) is 0.881. The average Bonchev–Trinajstić information content (AvgIpc) is 3.35. The molecule has 1 N–H and O–H groups in total. The molecule has 2 aliphatic heterocycles. The standard InChI is InChI=1S/C19H28N6O/c26-19(14-25-10-5-18(22-25)17-2-1-6-20-12-17)24-8-3-16(4-9-24)13-23-11-7-21-15-23/h5,7,10-11,15-17,20H,1-4,6,8-9,12-14H2/t17-/m1/s1. The van der Waals surface area contributed by atoms with Crippen molar-refractivity contribution in [1.82, 2.24) is 29.5 Å². The van der Waals surface area contributed by atoms with E-state index in [1.54, 1.807) is 0 Å². The van der Waals surface area contributed by atoms with Gasteiger partial charge in [0.25, 0.3) is 0 Å². The van der Waals surface area contributed by atoms with Crippen LogP contribution in [0.2, 0.25) is 0 Å². The van der Waals surface area contributed by atoms with E-state index in [1.165, 1.54) is 12.8 Å². The minimum absolute atomic E-state index is 0.183. The number of nitrogens with zero attached hydrogens (tertiary/aromatic N) is 5. The van der Waals surface area contributed by atoms with Gasteiger partial charge in [0.2, 0.25) is 5.91 Å². The largest absolute Gasteiger partial charge is 0.341 e. The van der Waals surface area contributed by atoms with Crippen LogP contribution in [-0.2, 0) is 17.9 Å². The fourth-order valence-electron chi connectivity index (χ4n) is 4.08. The van der Waals surface area contributed by atoms with Crippen LogP contribution in [0.3, 0.4) is 0 Å². The molecular weight excluding hydrogens is 328 g/mol. The summed E-state index contributed by atoms with van der Waals surface area (Å²) in [6.45, 7) is 5.14.